The van der Waals surface area contributed by atoms with Gasteiger partial charge in [0, 0.05) is 25.0 Å². The maximum atomic E-state index is 13.2. The lowest BCUT2D eigenvalue weighted by Crippen LogP contribution is -2.48. The number of carbonyl (C=O) groups excluding carboxylic acids is 2. The van der Waals surface area contributed by atoms with E-state index in [4.69, 9.17) is 0 Å². The first kappa shape index (κ1) is 24.2. The van der Waals surface area contributed by atoms with Gasteiger partial charge >= 0.3 is 6.18 Å². The smallest absolute Gasteiger partial charge is 0.353 e. The molecule has 0 spiro atoms. The second-order valence-electron chi connectivity index (χ2n) is 9.01. The third kappa shape index (κ3) is 6.13. The number of halogens is 3. The number of hydrogen-bond donors (Lipinski definition) is 2. The maximum Gasteiger partial charge on any atom is 0.416 e. The van der Waals surface area contributed by atoms with Crippen LogP contribution in [0.3, 0.4) is 0 Å². The van der Waals surface area contributed by atoms with Gasteiger partial charge in [-0.2, -0.15) is 18.3 Å². The number of anilines is 1. The van der Waals surface area contributed by atoms with Crippen molar-refractivity contribution in [1.29, 1.82) is 0 Å². The molecule has 2 heterocycles. The minimum Gasteiger partial charge on any atom is -0.353 e. The van der Waals surface area contributed by atoms with Gasteiger partial charge in [-0.3, -0.25) is 14.5 Å². The molecule has 184 valence electrons. The molecule has 2 N–H and O–H groups in total. The molecule has 1 saturated heterocycles. The van der Waals surface area contributed by atoms with Gasteiger partial charge in [0.1, 0.15) is 12.7 Å². The van der Waals surface area contributed by atoms with Crippen molar-refractivity contribution in [1.82, 2.24) is 25.0 Å². The molecule has 1 aliphatic carbocycles. The number of benzene rings is 1. The highest BCUT2D eigenvalue weighted by Crippen LogP contribution is 2.33. The fraction of sp³-hybridized carbons (Fsp3) is 0.565. The molecule has 11 heteroatoms. The van der Waals surface area contributed by atoms with Crippen LogP contribution in [0.15, 0.2) is 30.9 Å². The van der Waals surface area contributed by atoms with E-state index in [1.807, 2.05) is 4.90 Å². The van der Waals surface area contributed by atoms with E-state index in [0.29, 0.717) is 18.8 Å². The number of likely N-dealkylation sites (tertiary alicyclic amines) is 1. The van der Waals surface area contributed by atoms with E-state index in [2.05, 4.69) is 20.7 Å². The van der Waals surface area contributed by atoms with Crippen LogP contribution in [0, 0.1) is 5.92 Å². The Morgan fingerprint density at radius 3 is 2.44 bits per heavy atom. The summed E-state index contributed by atoms with van der Waals surface area (Å²) in [6, 6.07) is 3.20. The minimum absolute atomic E-state index is 0.0138. The number of aromatic nitrogens is 3. The second-order valence-corrected chi connectivity index (χ2v) is 9.01. The van der Waals surface area contributed by atoms with Gasteiger partial charge < -0.3 is 10.6 Å². The molecule has 1 aromatic carbocycles. The Morgan fingerprint density at radius 1 is 1.06 bits per heavy atom. The van der Waals surface area contributed by atoms with E-state index in [0.717, 1.165) is 50.7 Å². The van der Waals surface area contributed by atoms with E-state index in [1.54, 1.807) is 0 Å². The van der Waals surface area contributed by atoms with Crippen molar-refractivity contribution in [3.8, 4) is 5.69 Å². The van der Waals surface area contributed by atoms with Crippen LogP contribution in [-0.4, -0.2) is 57.2 Å². The van der Waals surface area contributed by atoms with E-state index in [-0.39, 0.29) is 30.1 Å². The third-order valence-corrected chi connectivity index (χ3v) is 6.54. The molecule has 34 heavy (non-hydrogen) atoms. The van der Waals surface area contributed by atoms with Crippen LogP contribution in [0.25, 0.3) is 5.69 Å². The van der Waals surface area contributed by atoms with Gasteiger partial charge in [0.25, 0.3) is 0 Å². The number of alkyl halides is 3. The molecule has 0 unspecified atom stereocenters. The van der Waals surface area contributed by atoms with Crippen molar-refractivity contribution in [3.63, 3.8) is 0 Å². The van der Waals surface area contributed by atoms with Crippen LogP contribution in [0.4, 0.5) is 18.9 Å². The highest BCUT2D eigenvalue weighted by atomic mass is 19.4. The molecule has 0 atom stereocenters. The maximum absolute atomic E-state index is 13.2. The topological polar surface area (TPSA) is 92.2 Å². The minimum atomic E-state index is -4.54. The van der Waals surface area contributed by atoms with Crippen molar-refractivity contribution >= 4 is 17.5 Å². The fourth-order valence-electron chi connectivity index (χ4n) is 4.66. The van der Waals surface area contributed by atoms with Crippen molar-refractivity contribution in [3.05, 3.63) is 36.4 Å². The number of hydrogen-bond acceptors (Lipinski definition) is 5. The largest absolute Gasteiger partial charge is 0.416 e. The summed E-state index contributed by atoms with van der Waals surface area (Å²) in [5.41, 5.74) is -0.552. The summed E-state index contributed by atoms with van der Waals surface area (Å²) in [5, 5.41) is 9.72. The van der Waals surface area contributed by atoms with Crippen molar-refractivity contribution in [2.75, 3.05) is 25.0 Å². The summed E-state index contributed by atoms with van der Waals surface area (Å²) in [5.74, 6) is -0.157. The summed E-state index contributed by atoms with van der Waals surface area (Å²) in [6.07, 6.45) is 4.87. The average molecular weight is 479 g/mol. The van der Waals surface area contributed by atoms with Crippen molar-refractivity contribution < 1.29 is 22.8 Å². The zero-order valence-corrected chi connectivity index (χ0v) is 18.9. The van der Waals surface area contributed by atoms with Crippen LogP contribution in [0.5, 0.6) is 0 Å². The van der Waals surface area contributed by atoms with Gasteiger partial charge in [-0.15, -0.1) is 0 Å². The van der Waals surface area contributed by atoms with Crippen LogP contribution in [0.2, 0.25) is 0 Å². The standard InChI is InChI=1S/C23H29F3N6O2/c24-23(25,26)17-6-7-20(32-15-27-14-28-32)19(12-17)30-21(33)13-31-10-8-18(9-11-31)29-22(34)16-4-2-1-3-5-16/h6-7,12,14-16,18H,1-5,8-11,13H2,(H,29,34)(H,30,33). The van der Waals surface area contributed by atoms with Crippen molar-refractivity contribution in [2.24, 2.45) is 5.92 Å². The SMILES string of the molecule is O=C(CN1CCC(NC(=O)C2CCCCC2)CC1)Nc1cc(C(F)(F)F)ccc1-n1cncn1. The number of nitrogens with one attached hydrogen (secondary N) is 2. The molecule has 1 aliphatic heterocycles. The first-order valence-corrected chi connectivity index (χ1v) is 11.7. The second kappa shape index (κ2) is 10.5. The van der Waals surface area contributed by atoms with Crippen molar-refractivity contribution in [2.45, 2.75) is 57.2 Å². The molecule has 4 rings (SSSR count). The molecule has 1 saturated carbocycles. The Hall–Kier alpha value is -2.95. The molecule has 1 aromatic heterocycles. The van der Waals surface area contributed by atoms with Crippen LogP contribution < -0.4 is 10.6 Å². The summed E-state index contributed by atoms with van der Waals surface area (Å²) in [6.45, 7) is 1.31. The van der Waals surface area contributed by atoms with Crippen LogP contribution in [0.1, 0.15) is 50.5 Å². The number of carbonyl (C=O) groups is 2. The Bertz CT molecular complexity index is 981. The number of nitrogens with zero attached hydrogens (tertiary/aromatic N) is 4. The monoisotopic (exact) mass is 478 g/mol. The van der Waals surface area contributed by atoms with E-state index in [9.17, 15) is 22.8 Å². The highest BCUT2D eigenvalue weighted by molar-refractivity contribution is 5.94. The third-order valence-electron chi connectivity index (χ3n) is 6.54. The molecule has 2 aromatic rings. The molecule has 8 nitrogen and oxygen atoms in total. The Labute approximate surface area is 195 Å². The number of piperidine rings is 1. The molecular formula is C23H29F3N6O2. The van der Waals surface area contributed by atoms with E-state index < -0.39 is 17.6 Å². The fourth-order valence-corrected chi connectivity index (χ4v) is 4.66. The Morgan fingerprint density at radius 2 is 1.79 bits per heavy atom. The zero-order chi connectivity index (χ0) is 24.1. The zero-order valence-electron chi connectivity index (χ0n) is 18.9. The van der Waals surface area contributed by atoms with Gasteiger partial charge in [0.15, 0.2) is 0 Å². The van der Waals surface area contributed by atoms with Gasteiger partial charge in [-0.25, -0.2) is 9.67 Å². The van der Waals surface area contributed by atoms with Crippen LogP contribution >= 0.6 is 0 Å². The summed E-state index contributed by atoms with van der Waals surface area (Å²) in [4.78, 5) is 30.9. The molecule has 0 bridgehead atoms. The number of rotatable bonds is 6. The average Bonchev–Trinajstić information content (AvgIpc) is 3.35. The molecule has 2 aliphatic rings. The molecule has 2 fully saturated rings. The Balaban J connectivity index is 1.32. The Kier molecular flexibility index (Phi) is 7.50. The summed E-state index contributed by atoms with van der Waals surface area (Å²) < 4.78 is 40.9. The van der Waals surface area contributed by atoms with Gasteiger partial charge in [-0.05, 0) is 43.9 Å². The summed E-state index contributed by atoms with van der Waals surface area (Å²) >= 11 is 0. The van der Waals surface area contributed by atoms with Gasteiger partial charge in [-0.1, -0.05) is 19.3 Å². The quantitative estimate of drug-likeness (QED) is 0.664. The predicted octanol–water partition coefficient (Wildman–Crippen LogP) is 3.39. The van der Waals surface area contributed by atoms with Gasteiger partial charge in [0.05, 0.1) is 23.5 Å². The lowest BCUT2D eigenvalue weighted by Gasteiger charge is -2.33. The van der Waals surface area contributed by atoms with Gasteiger partial charge in [0.2, 0.25) is 11.8 Å². The number of amides is 2. The summed E-state index contributed by atoms with van der Waals surface area (Å²) in [7, 11) is 0. The predicted molar refractivity (Wildman–Crippen MR) is 119 cm³/mol. The molecular weight excluding hydrogens is 449 g/mol. The lowest BCUT2D eigenvalue weighted by molar-refractivity contribution is -0.137. The molecule has 0 radical (unpaired) electrons. The van der Waals surface area contributed by atoms with Crippen LogP contribution in [-0.2, 0) is 15.8 Å². The highest BCUT2D eigenvalue weighted by Gasteiger charge is 2.32. The lowest BCUT2D eigenvalue weighted by atomic mass is 9.88. The van der Waals surface area contributed by atoms with E-state index in [1.165, 1.54) is 29.8 Å². The first-order valence-electron chi connectivity index (χ1n) is 11.7. The first-order chi connectivity index (χ1) is 16.3. The normalized spacial score (nSPS) is 18.6. The molecule has 2 amide bonds. The van der Waals surface area contributed by atoms with E-state index >= 15 is 0 Å².